The second-order valence-corrected chi connectivity index (χ2v) is 13.2. The Balaban J connectivity index is 1.36. The van der Waals surface area contributed by atoms with Gasteiger partial charge in [-0.3, -0.25) is 14.8 Å². The van der Waals surface area contributed by atoms with Crippen molar-refractivity contribution in [3.05, 3.63) is 103 Å². The summed E-state index contributed by atoms with van der Waals surface area (Å²) in [6, 6.07) is 22.3. The number of nitrogens with zero attached hydrogens (tertiary/aromatic N) is 2. The van der Waals surface area contributed by atoms with Crippen LogP contribution in [-0.4, -0.2) is 41.4 Å². The fourth-order valence-electron chi connectivity index (χ4n) is 6.34. The Bertz CT molecular complexity index is 1830. The molecule has 0 radical (unpaired) electrons. The summed E-state index contributed by atoms with van der Waals surface area (Å²) in [6.07, 6.45) is 10.5. The zero-order chi connectivity index (χ0) is 29.2. The van der Waals surface area contributed by atoms with Crippen molar-refractivity contribution in [1.82, 2.24) is 25.0 Å². The first-order valence-electron chi connectivity index (χ1n) is 14.4. The van der Waals surface area contributed by atoms with Crippen LogP contribution >= 0.6 is 0 Å². The molecule has 5 aromatic rings. The molecule has 3 N–H and O–H groups in total. The first-order chi connectivity index (χ1) is 20.3. The molecule has 1 atom stereocenters. The monoisotopic (exact) mass is 581 g/mol. The average molecular weight is 582 g/mol. The number of fused-ring (bicyclic) bond motifs is 2. The molecule has 216 valence electrons. The SMILES string of the molecule is CC(Cc1c[nH]c2ccccc12)(NS(=O)(=O)c1cccc2cccnc12)C(=O)NCC1(c2ccccn2)CCCCC1. The topological polar surface area (TPSA) is 117 Å². The average Bonchev–Trinajstić information content (AvgIpc) is 3.42. The summed E-state index contributed by atoms with van der Waals surface area (Å²) >= 11 is 0. The standard InChI is InChI=1S/C33H35N5O3S/c1-32(21-25-22-36-27-14-4-3-13-26(25)27,38-42(40,41)28-15-9-11-24-12-10-20-35-30(24)28)31(39)37-23-33(17-6-2-7-18-33)29-16-5-8-19-34-29/h3-5,8-16,19-20,22,36,38H,2,6-7,17-18,21,23H2,1H3,(H,37,39). The maximum Gasteiger partial charge on any atom is 0.243 e. The highest BCUT2D eigenvalue weighted by molar-refractivity contribution is 7.89. The minimum absolute atomic E-state index is 0.0378. The van der Waals surface area contributed by atoms with Gasteiger partial charge in [0.1, 0.15) is 10.4 Å². The van der Waals surface area contributed by atoms with Gasteiger partial charge < -0.3 is 10.3 Å². The smallest absolute Gasteiger partial charge is 0.243 e. The van der Waals surface area contributed by atoms with Crippen molar-refractivity contribution in [3.63, 3.8) is 0 Å². The van der Waals surface area contributed by atoms with Crippen LogP contribution in [0.2, 0.25) is 0 Å². The van der Waals surface area contributed by atoms with Gasteiger partial charge in [-0.15, -0.1) is 0 Å². The maximum absolute atomic E-state index is 14.2. The molecule has 1 aliphatic carbocycles. The highest BCUT2D eigenvalue weighted by Crippen LogP contribution is 2.38. The molecule has 9 heteroatoms. The zero-order valence-corrected chi connectivity index (χ0v) is 24.5. The number of rotatable bonds is 9. The molecule has 0 spiro atoms. The Kier molecular flexibility index (Phi) is 7.55. The lowest BCUT2D eigenvalue weighted by Gasteiger charge is -2.38. The zero-order valence-electron chi connectivity index (χ0n) is 23.6. The van der Waals surface area contributed by atoms with Crippen molar-refractivity contribution in [1.29, 1.82) is 0 Å². The summed E-state index contributed by atoms with van der Waals surface area (Å²) in [5.41, 5.74) is 1.30. The van der Waals surface area contributed by atoms with E-state index < -0.39 is 15.6 Å². The molecule has 3 heterocycles. The number of nitrogens with one attached hydrogen (secondary N) is 3. The number of aromatic nitrogens is 3. The van der Waals surface area contributed by atoms with E-state index in [1.807, 2.05) is 60.8 Å². The van der Waals surface area contributed by atoms with Crippen LogP contribution in [-0.2, 0) is 26.7 Å². The molecule has 0 bridgehead atoms. The number of aromatic amines is 1. The van der Waals surface area contributed by atoms with E-state index in [9.17, 15) is 13.2 Å². The Morgan fingerprint density at radius 2 is 1.69 bits per heavy atom. The van der Waals surface area contributed by atoms with E-state index in [2.05, 4.69) is 25.0 Å². The van der Waals surface area contributed by atoms with Crippen molar-refractivity contribution < 1.29 is 13.2 Å². The molecule has 6 rings (SSSR count). The normalized spacial score (nSPS) is 16.7. The van der Waals surface area contributed by atoms with Crippen LogP contribution in [0.3, 0.4) is 0 Å². The van der Waals surface area contributed by atoms with Crippen molar-refractivity contribution in [2.45, 2.75) is 61.3 Å². The first kappa shape index (κ1) is 28.1. The van der Waals surface area contributed by atoms with E-state index in [4.69, 9.17) is 0 Å². The summed E-state index contributed by atoms with van der Waals surface area (Å²) < 4.78 is 30.8. The van der Waals surface area contributed by atoms with Gasteiger partial charge in [0, 0.05) is 59.0 Å². The third kappa shape index (κ3) is 5.42. The third-order valence-corrected chi connectivity index (χ3v) is 10.2. The van der Waals surface area contributed by atoms with Crippen molar-refractivity contribution in [3.8, 4) is 0 Å². The van der Waals surface area contributed by atoms with E-state index in [-0.39, 0.29) is 22.6 Å². The van der Waals surface area contributed by atoms with E-state index in [1.54, 1.807) is 31.5 Å². The number of carbonyl (C=O) groups is 1. The van der Waals surface area contributed by atoms with Gasteiger partial charge in [0.25, 0.3) is 0 Å². The highest BCUT2D eigenvalue weighted by Gasteiger charge is 2.42. The number of pyridine rings is 2. The van der Waals surface area contributed by atoms with Gasteiger partial charge in [0.15, 0.2) is 0 Å². The van der Waals surface area contributed by atoms with Crippen LogP contribution in [0.1, 0.15) is 50.3 Å². The molecule has 1 saturated carbocycles. The van der Waals surface area contributed by atoms with Gasteiger partial charge in [-0.05, 0) is 55.7 Å². The fourth-order valence-corrected chi connectivity index (χ4v) is 7.89. The van der Waals surface area contributed by atoms with Crippen molar-refractivity contribution >= 4 is 37.7 Å². The van der Waals surface area contributed by atoms with E-state index in [1.165, 1.54) is 6.07 Å². The molecule has 3 aromatic heterocycles. The summed E-state index contributed by atoms with van der Waals surface area (Å²) in [5.74, 6) is -0.384. The number of H-pyrrole nitrogens is 1. The Morgan fingerprint density at radius 1 is 0.929 bits per heavy atom. The molecule has 1 aliphatic rings. The molecular weight excluding hydrogens is 546 g/mol. The van der Waals surface area contributed by atoms with Gasteiger partial charge in [0.2, 0.25) is 15.9 Å². The van der Waals surface area contributed by atoms with Crippen molar-refractivity contribution in [2.24, 2.45) is 0 Å². The second kappa shape index (κ2) is 11.3. The van der Waals surface area contributed by atoms with Gasteiger partial charge in [0.05, 0.1) is 5.52 Å². The highest BCUT2D eigenvalue weighted by atomic mass is 32.2. The van der Waals surface area contributed by atoms with Crippen LogP contribution in [0, 0.1) is 0 Å². The van der Waals surface area contributed by atoms with E-state index in [0.29, 0.717) is 17.4 Å². The lowest BCUT2D eigenvalue weighted by atomic mass is 9.71. The minimum atomic E-state index is -4.15. The second-order valence-electron chi connectivity index (χ2n) is 11.5. The Labute approximate surface area is 246 Å². The summed E-state index contributed by atoms with van der Waals surface area (Å²) in [7, 11) is -4.15. The van der Waals surface area contributed by atoms with Gasteiger partial charge in [-0.25, -0.2) is 8.42 Å². The minimum Gasteiger partial charge on any atom is -0.361 e. The number of amides is 1. The quantitative estimate of drug-likeness (QED) is 0.215. The molecular formula is C33H35N5O3S. The largest absolute Gasteiger partial charge is 0.361 e. The van der Waals surface area contributed by atoms with Crippen LogP contribution in [0.4, 0.5) is 0 Å². The number of benzene rings is 2. The summed E-state index contributed by atoms with van der Waals surface area (Å²) in [5, 5.41) is 4.82. The first-order valence-corrected chi connectivity index (χ1v) is 15.9. The lowest BCUT2D eigenvalue weighted by Crippen LogP contribution is -2.59. The number of hydrogen-bond acceptors (Lipinski definition) is 5. The van der Waals surface area contributed by atoms with Gasteiger partial charge in [-0.1, -0.05) is 61.7 Å². The number of sulfonamides is 1. The van der Waals surface area contributed by atoms with Crippen LogP contribution in [0.25, 0.3) is 21.8 Å². The molecule has 1 fully saturated rings. The lowest BCUT2D eigenvalue weighted by molar-refractivity contribution is -0.126. The fraction of sp³-hybridized carbons (Fsp3) is 0.303. The van der Waals surface area contributed by atoms with Gasteiger partial charge in [-0.2, -0.15) is 4.72 Å². The molecule has 42 heavy (non-hydrogen) atoms. The molecule has 0 aliphatic heterocycles. The Morgan fingerprint density at radius 3 is 2.50 bits per heavy atom. The summed E-state index contributed by atoms with van der Waals surface area (Å²) in [4.78, 5) is 26.5. The molecule has 2 aromatic carbocycles. The third-order valence-electron chi connectivity index (χ3n) is 8.57. The predicted molar refractivity (Wildman–Crippen MR) is 164 cm³/mol. The Hall–Kier alpha value is -4.08. The number of carbonyl (C=O) groups excluding carboxylic acids is 1. The van der Waals surface area contributed by atoms with Crippen molar-refractivity contribution in [2.75, 3.05) is 6.54 Å². The molecule has 1 unspecified atom stereocenters. The summed E-state index contributed by atoms with van der Waals surface area (Å²) in [6.45, 7) is 2.04. The van der Waals surface area contributed by atoms with E-state index >= 15 is 0 Å². The van der Waals surface area contributed by atoms with Crippen LogP contribution < -0.4 is 10.0 Å². The van der Waals surface area contributed by atoms with E-state index in [0.717, 1.165) is 54.3 Å². The number of para-hydroxylation sites is 2. The molecule has 0 saturated heterocycles. The van der Waals surface area contributed by atoms with Crippen LogP contribution in [0.15, 0.2) is 96.3 Å². The van der Waals surface area contributed by atoms with Gasteiger partial charge >= 0.3 is 0 Å². The molecule has 8 nitrogen and oxygen atoms in total. The number of hydrogen-bond donors (Lipinski definition) is 3. The maximum atomic E-state index is 14.2. The predicted octanol–water partition coefficient (Wildman–Crippen LogP) is 5.41. The molecule has 1 amide bonds. The van der Waals surface area contributed by atoms with Crippen LogP contribution in [0.5, 0.6) is 0 Å².